The van der Waals surface area contributed by atoms with Crippen LogP contribution in [0.2, 0.25) is 0 Å². The van der Waals surface area contributed by atoms with Gasteiger partial charge in [0.25, 0.3) is 10.0 Å². The Morgan fingerprint density at radius 3 is 2.65 bits per heavy atom. The van der Waals surface area contributed by atoms with Crippen LogP contribution in [-0.4, -0.2) is 14.0 Å². The van der Waals surface area contributed by atoms with E-state index in [0.717, 1.165) is 37.0 Å². The molecular formula is C11H14N2O2S2. The van der Waals surface area contributed by atoms with Crippen molar-refractivity contribution in [2.24, 2.45) is 0 Å². The molecule has 0 aliphatic heterocycles. The van der Waals surface area contributed by atoms with Crippen LogP contribution in [0.4, 0.5) is 0 Å². The van der Waals surface area contributed by atoms with Crippen LogP contribution in [0.5, 0.6) is 0 Å². The molecule has 0 bridgehead atoms. The summed E-state index contributed by atoms with van der Waals surface area (Å²) in [7, 11) is -3.46. The number of nitrogens with zero attached hydrogens (tertiary/aromatic N) is 1. The maximum absolute atomic E-state index is 12.1. The predicted octanol–water partition coefficient (Wildman–Crippen LogP) is 2.23. The van der Waals surface area contributed by atoms with Crippen molar-refractivity contribution < 1.29 is 8.42 Å². The average Bonchev–Trinajstić information content (AvgIpc) is 2.72. The molecule has 0 saturated heterocycles. The Morgan fingerprint density at radius 2 is 2.24 bits per heavy atom. The Kier molecular flexibility index (Phi) is 3.25. The van der Waals surface area contributed by atoms with Crippen molar-refractivity contribution in [3.05, 3.63) is 17.0 Å². The second-order valence-electron chi connectivity index (χ2n) is 4.32. The Balaban J connectivity index is 2.22. The lowest BCUT2D eigenvalue weighted by Crippen LogP contribution is -2.52. The summed E-state index contributed by atoms with van der Waals surface area (Å²) in [5, 5.41) is 8.70. The Bertz CT molecular complexity index is 545. The van der Waals surface area contributed by atoms with Crippen LogP contribution in [0.1, 0.15) is 37.5 Å². The minimum atomic E-state index is -3.46. The van der Waals surface area contributed by atoms with Crippen LogP contribution < -0.4 is 4.72 Å². The van der Waals surface area contributed by atoms with Gasteiger partial charge in [-0.15, -0.1) is 11.3 Å². The minimum Gasteiger partial charge on any atom is -0.206 e. The molecule has 92 valence electrons. The van der Waals surface area contributed by atoms with E-state index in [0.29, 0.717) is 4.88 Å². The highest BCUT2D eigenvalue weighted by Crippen LogP contribution is 2.36. The van der Waals surface area contributed by atoms with E-state index in [2.05, 4.69) is 4.72 Å². The summed E-state index contributed by atoms with van der Waals surface area (Å²) in [6.45, 7) is 2.00. The molecule has 1 fully saturated rings. The average molecular weight is 270 g/mol. The number of sulfonamides is 1. The second-order valence-corrected chi connectivity index (χ2v) is 7.32. The zero-order valence-electron chi connectivity index (χ0n) is 9.56. The van der Waals surface area contributed by atoms with Gasteiger partial charge in [-0.2, -0.15) is 5.26 Å². The van der Waals surface area contributed by atoms with E-state index in [1.165, 1.54) is 6.07 Å². The van der Waals surface area contributed by atoms with Crippen LogP contribution in [0.25, 0.3) is 0 Å². The molecular weight excluding hydrogens is 256 g/mol. The molecule has 1 saturated carbocycles. The van der Waals surface area contributed by atoms with Gasteiger partial charge in [0.15, 0.2) is 0 Å². The van der Waals surface area contributed by atoms with Crippen LogP contribution in [0, 0.1) is 11.3 Å². The normalized spacial score (nSPS) is 18.4. The fourth-order valence-electron chi connectivity index (χ4n) is 1.99. The number of nitrogens with one attached hydrogen (secondary N) is 1. The van der Waals surface area contributed by atoms with Gasteiger partial charge in [-0.05, 0) is 37.8 Å². The fraction of sp³-hybridized carbons (Fsp3) is 0.545. The standard InChI is InChI=1S/C11H14N2O2S2/c1-2-11(6-3-7-11)13-17(14,15)10-5-4-9(8-12)16-10/h4-5,13H,2-3,6-7H2,1H3. The van der Waals surface area contributed by atoms with E-state index in [-0.39, 0.29) is 9.75 Å². The molecule has 2 rings (SSSR count). The molecule has 1 aromatic heterocycles. The molecule has 4 nitrogen and oxygen atoms in total. The van der Waals surface area contributed by atoms with E-state index in [1.807, 2.05) is 13.0 Å². The lowest BCUT2D eigenvalue weighted by molar-refractivity contribution is 0.214. The highest BCUT2D eigenvalue weighted by atomic mass is 32.2. The summed E-state index contributed by atoms with van der Waals surface area (Å²) in [5.74, 6) is 0. The second kappa shape index (κ2) is 4.41. The molecule has 1 aromatic rings. The molecule has 6 heteroatoms. The van der Waals surface area contributed by atoms with Gasteiger partial charge in [0, 0.05) is 5.54 Å². The smallest absolute Gasteiger partial charge is 0.206 e. The molecule has 0 amide bonds. The lowest BCUT2D eigenvalue weighted by Gasteiger charge is -2.41. The van der Waals surface area contributed by atoms with Crippen molar-refractivity contribution in [1.29, 1.82) is 5.26 Å². The maximum Gasteiger partial charge on any atom is 0.250 e. The van der Waals surface area contributed by atoms with Gasteiger partial charge in [-0.1, -0.05) is 6.92 Å². The molecule has 0 aromatic carbocycles. The van der Waals surface area contributed by atoms with Crippen molar-refractivity contribution >= 4 is 21.4 Å². The Morgan fingerprint density at radius 1 is 1.53 bits per heavy atom. The third-order valence-electron chi connectivity index (χ3n) is 3.29. The predicted molar refractivity (Wildman–Crippen MR) is 66.2 cm³/mol. The van der Waals surface area contributed by atoms with E-state index in [9.17, 15) is 8.42 Å². The summed E-state index contributed by atoms with van der Waals surface area (Å²) in [4.78, 5) is 0.421. The zero-order valence-corrected chi connectivity index (χ0v) is 11.2. The van der Waals surface area contributed by atoms with Crippen molar-refractivity contribution in [2.75, 3.05) is 0 Å². The third-order valence-corrected chi connectivity index (χ3v) is 6.36. The van der Waals surface area contributed by atoms with Gasteiger partial charge >= 0.3 is 0 Å². The van der Waals surface area contributed by atoms with Crippen LogP contribution in [0.3, 0.4) is 0 Å². The van der Waals surface area contributed by atoms with E-state index in [4.69, 9.17) is 5.26 Å². The minimum absolute atomic E-state index is 0.230. The first-order valence-electron chi connectivity index (χ1n) is 5.55. The van der Waals surface area contributed by atoms with Gasteiger partial charge in [-0.25, -0.2) is 13.1 Å². The molecule has 0 radical (unpaired) electrons. The summed E-state index contributed by atoms with van der Waals surface area (Å²) in [5.41, 5.74) is -0.254. The maximum atomic E-state index is 12.1. The van der Waals surface area contributed by atoms with Crippen LogP contribution in [0.15, 0.2) is 16.3 Å². The molecule has 0 spiro atoms. The van der Waals surface area contributed by atoms with Gasteiger partial charge in [0.2, 0.25) is 0 Å². The topological polar surface area (TPSA) is 70.0 Å². The Labute approximate surface area is 105 Å². The molecule has 1 aliphatic rings. The first-order chi connectivity index (χ1) is 8.01. The van der Waals surface area contributed by atoms with Crippen LogP contribution >= 0.6 is 11.3 Å². The van der Waals surface area contributed by atoms with Gasteiger partial charge in [0.05, 0.1) is 0 Å². The first kappa shape index (κ1) is 12.6. The summed E-state index contributed by atoms with van der Waals surface area (Å²) < 4.78 is 27.3. The fourth-order valence-corrected chi connectivity index (χ4v) is 4.63. The molecule has 17 heavy (non-hydrogen) atoms. The number of rotatable bonds is 4. The van der Waals surface area contributed by atoms with Crippen LogP contribution in [-0.2, 0) is 10.0 Å². The van der Waals surface area contributed by atoms with Crippen molar-refractivity contribution in [1.82, 2.24) is 4.72 Å². The van der Waals surface area contributed by atoms with Gasteiger partial charge < -0.3 is 0 Å². The Hall–Kier alpha value is -0.900. The van der Waals surface area contributed by atoms with Crippen molar-refractivity contribution in [3.8, 4) is 6.07 Å². The van der Waals surface area contributed by atoms with E-state index >= 15 is 0 Å². The first-order valence-corrected chi connectivity index (χ1v) is 7.85. The molecule has 1 N–H and O–H groups in total. The largest absolute Gasteiger partial charge is 0.250 e. The highest BCUT2D eigenvalue weighted by Gasteiger charge is 2.39. The zero-order chi connectivity index (χ0) is 12.5. The quantitative estimate of drug-likeness (QED) is 0.912. The van der Waals surface area contributed by atoms with Gasteiger partial charge in [-0.3, -0.25) is 0 Å². The number of nitriles is 1. The van der Waals surface area contributed by atoms with Gasteiger partial charge in [0.1, 0.15) is 15.2 Å². The summed E-state index contributed by atoms with van der Waals surface area (Å²) in [6.07, 6.45) is 3.69. The number of thiophene rings is 1. The van der Waals surface area contributed by atoms with Crippen molar-refractivity contribution in [3.63, 3.8) is 0 Å². The lowest BCUT2D eigenvalue weighted by atomic mass is 9.76. The van der Waals surface area contributed by atoms with E-state index in [1.54, 1.807) is 6.07 Å². The summed E-state index contributed by atoms with van der Waals surface area (Å²) in [6, 6.07) is 4.98. The monoisotopic (exact) mass is 270 g/mol. The molecule has 1 aliphatic carbocycles. The highest BCUT2D eigenvalue weighted by molar-refractivity contribution is 7.91. The molecule has 0 atom stereocenters. The SMILES string of the molecule is CCC1(NS(=O)(=O)c2ccc(C#N)s2)CCC1. The number of hydrogen-bond acceptors (Lipinski definition) is 4. The van der Waals surface area contributed by atoms with E-state index < -0.39 is 10.0 Å². The number of hydrogen-bond donors (Lipinski definition) is 1. The molecule has 0 unspecified atom stereocenters. The summed E-state index contributed by atoms with van der Waals surface area (Å²) >= 11 is 1.01. The third kappa shape index (κ3) is 2.37. The molecule has 1 heterocycles. The van der Waals surface area contributed by atoms with Crippen molar-refractivity contribution in [2.45, 2.75) is 42.4 Å².